The molecule has 0 saturated carbocycles. The summed E-state index contributed by atoms with van der Waals surface area (Å²) in [6.07, 6.45) is 2.51. The average Bonchev–Trinajstić information content (AvgIpc) is 2.01. The number of likely N-dealkylation sites (tertiary alicyclic amines) is 1. The SMILES string of the molecule is CC(N)CCCN1CCCC(F)(F)C1. The van der Waals surface area contributed by atoms with E-state index in [0.717, 1.165) is 25.9 Å². The van der Waals surface area contributed by atoms with E-state index in [1.54, 1.807) is 0 Å². The van der Waals surface area contributed by atoms with Crippen LogP contribution in [0.3, 0.4) is 0 Å². The predicted molar refractivity (Wildman–Crippen MR) is 53.5 cm³/mol. The second-order valence-electron chi connectivity index (χ2n) is 4.36. The Morgan fingerprint density at radius 2 is 2.21 bits per heavy atom. The van der Waals surface area contributed by atoms with Gasteiger partial charge < -0.3 is 5.73 Å². The molecule has 2 nitrogen and oxygen atoms in total. The van der Waals surface area contributed by atoms with E-state index < -0.39 is 5.92 Å². The number of alkyl halides is 2. The van der Waals surface area contributed by atoms with Crippen LogP contribution in [0.15, 0.2) is 0 Å². The summed E-state index contributed by atoms with van der Waals surface area (Å²) in [5.74, 6) is -2.47. The topological polar surface area (TPSA) is 29.3 Å². The molecule has 0 aromatic heterocycles. The Morgan fingerprint density at radius 1 is 1.50 bits per heavy atom. The van der Waals surface area contributed by atoms with Gasteiger partial charge in [-0.3, -0.25) is 4.90 Å². The van der Waals surface area contributed by atoms with Crippen molar-refractivity contribution in [1.29, 1.82) is 0 Å². The van der Waals surface area contributed by atoms with Gasteiger partial charge in [0.05, 0.1) is 6.54 Å². The van der Waals surface area contributed by atoms with E-state index >= 15 is 0 Å². The lowest BCUT2D eigenvalue weighted by atomic mass is 10.1. The van der Waals surface area contributed by atoms with Gasteiger partial charge in [-0.05, 0) is 39.3 Å². The molecule has 1 unspecified atom stereocenters. The zero-order valence-electron chi connectivity index (χ0n) is 8.81. The van der Waals surface area contributed by atoms with Crippen LogP contribution in [-0.4, -0.2) is 36.5 Å². The van der Waals surface area contributed by atoms with Crippen molar-refractivity contribution in [3.05, 3.63) is 0 Å². The molecule has 1 rings (SSSR count). The number of hydrogen-bond donors (Lipinski definition) is 1. The van der Waals surface area contributed by atoms with E-state index in [0.29, 0.717) is 6.42 Å². The molecule has 0 aliphatic carbocycles. The molecular weight excluding hydrogens is 186 g/mol. The molecule has 1 heterocycles. The van der Waals surface area contributed by atoms with E-state index in [1.807, 2.05) is 11.8 Å². The van der Waals surface area contributed by atoms with Gasteiger partial charge in [0.2, 0.25) is 0 Å². The minimum atomic E-state index is -2.47. The first-order valence-electron chi connectivity index (χ1n) is 5.35. The van der Waals surface area contributed by atoms with Crippen molar-refractivity contribution in [3.8, 4) is 0 Å². The molecule has 2 N–H and O–H groups in total. The highest BCUT2D eigenvalue weighted by Gasteiger charge is 2.34. The third kappa shape index (κ3) is 4.33. The molecule has 0 aromatic rings. The van der Waals surface area contributed by atoms with E-state index in [-0.39, 0.29) is 19.0 Å². The number of rotatable bonds is 4. The van der Waals surface area contributed by atoms with Gasteiger partial charge >= 0.3 is 0 Å². The van der Waals surface area contributed by atoms with Crippen molar-refractivity contribution in [2.75, 3.05) is 19.6 Å². The fourth-order valence-corrected chi connectivity index (χ4v) is 1.87. The molecule has 4 heteroatoms. The Labute approximate surface area is 84.4 Å². The molecule has 0 radical (unpaired) electrons. The van der Waals surface area contributed by atoms with Gasteiger partial charge in [0.25, 0.3) is 5.92 Å². The van der Waals surface area contributed by atoms with Crippen LogP contribution in [0.1, 0.15) is 32.6 Å². The summed E-state index contributed by atoms with van der Waals surface area (Å²) in [6, 6.07) is 0.181. The Kier molecular flexibility index (Phi) is 4.26. The van der Waals surface area contributed by atoms with Crippen LogP contribution >= 0.6 is 0 Å². The predicted octanol–water partition coefficient (Wildman–Crippen LogP) is 1.84. The smallest absolute Gasteiger partial charge is 0.260 e. The fraction of sp³-hybridized carbons (Fsp3) is 1.00. The van der Waals surface area contributed by atoms with Crippen LogP contribution in [0.2, 0.25) is 0 Å². The lowest BCUT2D eigenvalue weighted by Crippen LogP contribution is -2.43. The van der Waals surface area contributed by atoms with Crippen molar-refractivity contribution >= 4 is 0 Å². The molecule has 84 valence electrons. The van der Waals surface area contributed by atoms with E-state index in [1.165, 1.54) is 0 Å². The minimum Gasteiger partial charge on any atom is -0.328 e. The number of nitrogens with two attached hydrogens (primary N) is 1. The van der Waals surface area contributed by atoms with Gasteiger partial charge in [0.1, 0.15) is 0 Å². The molecule has 0 aromatic carbocycles. The fourth-order valence-electron chi connectivity index (χ4n) is 1.87. The Bertz CT molecular complexity index is 172. The summed E-state index contributed by atoms with van der Waals surface area (Å²) in [4.78, 5) is 1.85. The van der Waals surface area contributed by atoms with Gasteiger partial charge in [0, 0.05) is 12.5 Å². The summed E-state index contributed by atoms with van der Waals surface area (Å²) >= 11 is 0. The minimum absolute atomic E-state index is 0.0524. The summed E-state index contributed by atoms with van der Waals surface area (Å²) in [5.41, 5.74) is 5.59. The van der Waals surface area contributed by atoms with E-state index in [4.69, 9.17) is 5.73 Å². The molecule has 1 aliphatic heterocycles. The van der Waals surface area contributed by atoms with Crippen LogP contribution in [0.4, 0.5) is 8.78 Å². The lowest BCUT2D eigenvalue weighted by molar-refractivity contribution is -0.0641. The molecule has 1 aliphatic rings. The molecule has 0 bridgehead atoms. The zero-order valence-corrected chi connectivity index (χ0v) is 8.81. The van der Waals surface area contributed by atoms with Crippen molar-refractivity contribution in [2.45, 2.75) is 44.6 Å². The molecule has 0 amide bonds. The van der Waals surface area contributed by atoms with Crippen LogP contribution in [-0.2, 0) is 0 Å². The first kappa shape index (κ1) is 11.9. The van der Waals surface area contributed by atoms with E-state index in [2.05, 4.69) is 0 Å². The molecule has 14 heavy (non-hydrogen) atoms. The first-order valence-corrected chi connectivity index (χ1v) is 5.35. The van der Waals surface area contributed by atoms with Crippen molar-refractivity contribution in [2.24, 2.45) is 5.73 Å². The number of piperidine rings is 1. The number of nitrogens with zero attached hydrogens (tertiary/aromatic N) is 1. The third-order valence-corrected chi connectivity index (χ3v) is 2.61. The second kappa shape index (κ2) is 5.03. The number of halogens is 2. The van der Waals surface area contributed by atoms with Crippen LogP contribution in [0.5, 0.6) is 0 Å². The van der Waals surface area contributed by atoms with Crippen molar-refractivity contribution in [3.63, 3.8) is 0 Å². The molecular formula is C10H20F2N2. The van der Waals surface area contributed by atoms with Gasteiger partial charge in [-0.2, -0.15) is 0 Å². The highest BCUT2D eigenvalue weighted by atomic mass is 19.3. The summed E-state index contributed by atoms with van der Waals surface area (Å²) < 4.78 is 25.9. The quantitative estimate of drug-likeness (QED) is 0.760. The maximum atomic E-state index is 13.0. The molecule has 1 saturated heterocycles. The zero-order chi connectivity index (χ0) is 10.6. The van der Waals surface area contributed by atoms with Crippen molar-refractivity contribution in [1.82, 2.24) is 4.90 Å². The summed E-state index contributed by atoms with van der Waals surface area (Å²) in [6.45, 7) is 3.46. The normalized spacial score (nSPS) is 24.9. The van der Waals surface area contributed by atoms with Gasteiger partial charge in [-0.25, -0.2) is 8.78 Å². The Balaban J connectivity index is 2.18. The Hall–Kier alpha value is -0.220. The van der Waals surface area contributed by atoms with Gasteiger partial charge in [-0.1, -0.05) is 0 Å². The summed E-state index contributed by atoms with van der Waals surface area (Å²) in [5, 5.41) is 0. The van der Waals surface area contributed by atoms with Gasteiger partial charge in [0.15, 0.2) is 0 Å². The first-order chi connectivity index (χ1) is 6.49. The largest absolute Gasteiger partial charge is 0.328 e. The highest BCUT2D eigenvalue weighted by Crippen LogP contribution is 2.26. The van der Waals surface area contributed by atoms with Gasteiger partial charge in [-0.15, -0.1) is 0 Å². The third-order valence-electron chi connectivity index (χ3n) is 2.61. The molecule has 0 spiro atoms. The maximum Gasteiger partial charge on any atom is 0.260 e. The van der Waals surface area contributed by atoms with Crippen LogP contribution < -0.4 is 5.73 Å². The standard InChI is InChI=1S/C10H20F2N2/c1-9(13)4-2-6-14-7-3-5-10(11,12)8-14/h9H,2-8,13H2,1H3. The molecule has 1 atom stereocenters. The summed E-state index contributed by atoms with van der Waals surface area (Å²) in [7, 11) is 0. The maximum absolute atomic E-state index is 13.0. The monoisotopic (exact) mass is 206 g/mol. The van der Waals surface area contributed by atoms with E-state index in [9.17, 15) is 8.78 Å². The second-order valence-corrected chi connectivity index (χ2v) is 4.36. The van der Waals surface area contributed by atoms with Crippen LogP contribution in [0, 0.1) is 0 Å². The average molecular weight is 206 g/mol. The lowest BCUT2D eigenvalue weighted by Gasteiger charge is -2.32. The number of hydrogen-bond acceptors (Lipinski definition) is 2. The Morgan fingerprint density at radius 3 is 2.79 bits per heavy atom. The van der Waals surface area contributed by atoms with Crippen LogP contribution in [0.25, 0.3) is 0 Å². The highest BCUT2D eigenvalue weighted by molar-refractivity contribution is 4.78. The van der Waals surface area contributed by atoms with Crippen molar-refractivity contribution < 1.29 is 8.78 Å². The molecule has 1 fully saturated rings.